The van der Waals surface area contributed by atoms with E-state index in [0.717, 1.165) is 41.3 Å². The van der Waals surface area contributed by atoms with Crippen LogP contribution >= 0.6 is 0 Å². The second-order valence-corrected chi connectivity index (χ2v) is 11.4. The van der Waals surface area contributed by atoms with Crippen molar-refractivity contribution in [2.45, 2.75) is 48.9 Å². The number of aryl methyl sites for hydroxylation is 1. The molecule has 0 radical (unpaired) electrons. The number of aliphatic hydroxyl groups excluding tert-OH is 1. The summed E-state index contributed by atoms with van der Waals surface area (Å²) < 4.78 is 35.5. The molecule has 2 aliphatic heterocycles. The summed E-state index contributed by atoms with van der Waals surface area (Å²) >= 11 is 0. The topological polar surface area (TPSA) is 82.1 Å². The number of benzene rings is 3. The average molecular weight is 492 g/mol. The minimum absolute atomic E-state index is 0.206. The number of aliphatic hydroxyl groups is 1. The van der Waals surface area contributed by atoms with Gasteiger partial charge in [0, 0.05) is 19.1 Å². The first kappa shape index (κ1) is 22.5. The van der Waals surface area contributed by atoms with E-state index in [4.69, 9.17) is 4.74 Å². The molecule has 7 nitrogen and oxygen atoms in total. The zero-order valence-electron chi connectivity index (χ0n) is 19.5. The molecule has 0 unspecified atom stereocenters. The second-order valence-electron chi connectivity index (χ2n) is 9.69. The summed E-state index contributed by atoms with van der Waals surface area (Å²) in [7, 11) is -3.79. The van der Waals surface area contributed by atoms with Crippen molar-refractivity contribution in [3.63, 3.8) is 0 Å². The Morgan fingerprint density at radius 1 is 0.886 bits per heavy atom. The van der Waals surface area contributed by atoms with E-state index in [1.807, 2.05) is 55.5 Å². The fourth-order valence-electron chi connectivity index (χ4n) is 5.21. The highest BCUT2D eigenvalue weighted by Crippen LogP contribution is 2.48. The number of sulfonamides is 1. The fourth-order valence-corrected chi connectivity index (χ4v) is 6.45. The first-order chi connectivity index (χ1) is 16.9. The Balaban J connectivity index is 1.37. The molecule has 182 valence electrons. The molecule has 1 saturated carbocycles. The number of nitrogens with zero attached hydrogens (tertiary/aromatic N) is 2. The molecular formula is C27H29N3O4S. The zero-order chi connectivity index (χ0) is 24.2. The van der Waals surface area contributed by atoms with Gasteiger partial charge >= 0.3 is 0 Å². The van der Waals surface area contributed by atoms with Gasteiger partial charge in [-0.2, -0.15) is 0 Å². The number of nitrogens with one attached hydrogen (secondary N) is 1. The van der Waals surface area contributed by atoms with Crippen LogP contribution in [0.2, 0.25) is 0 Å². The molecule has 2 fully saturated rings. The number of ether oxygens (including phenoxy) is 1. The molecule has 3 aromatic carbocycles. The number of hydrogen-bond donors (Lipinski definition) is 2. The van der Waals surface area contributed by atoms with Gasteiger partial charge in [0.15, 0.2) is 11.5 Å². The molecule has 0 aromatic heterocycles. The van der Waals surface area contributed by atoms with E-state index in [1.54, 1.807) is 24.3 Å². The number of likely N-dealkylation sites (tertiary alicyclic amines) is 1. The summed E-state index contributed by atoms with van der Waals surface area (Å²) in [6.45, 7) is 3.03. The van der Waals surface area contributed by atoms with Crippen LogP contribution in [0.25, 0.3) is 0 Å². The van der Waals surface area contributed by atoms with Crippen LogP contribution in [0.5, 0.6) is 11.5 Å². The number of hydrogen-bond acceptors (Lipinski definition) is 6. The first-order valence-corrected chi connectivity index (χ1v) is 13.6. The van der Waals surface area contributed by atoms with Gasteiger partial charge in [0.25, 0.3) is 0 Å². The molecule has 2 N–H and O–H groups in total. The van der Waals surface area contributed by atoms with E-state index in [1.165, 1.54) is 0 Å². The number of rotatable bonds is 5. The van der Waals surface area contributed by atoms with Gasteiger partial charge in [-0.05, 0) is 56.2 Å². The van der Waals surface area contributed by atoms with Gasteiger partial charge in [0.2, 0.25) is 10.0 Å². The number of para-hydroxylation sites is 4. The molecule has 3 aliphatic rings. The number of piperidine rings is 1. The average Bonchev–Trinajstić information content (AvgIpc) is 3.70. The van der Waals surface area contributed by atoms with Crippen molar-refractivity contribution in [3.05, 3.63) is 78.4 Å². The molecule has 0 amide bonds. The van der Waals surface area contributed by atoms with Crippen molar-refractivity contribution in [2.75, 3.05) is 18.0 Å². The minimum Gasteiger partial charge on any atom is -0.453 e. The normalized spacial score (nSPS) is 24.4. The van der Waals surface area contributed by atoms with Crippen molar-refractivity contribution in [2.24, 2.45) is 0 Å². The Morgan fingerprint density at radius 3 is 2.09 bits per heavy atom. The summed E-state index contributed by atoms with van der Waals surface area (Å²) in [5.41, 5.74) is 2.73. The molecule has 0 bridgehead atoms. The van der Waals surface area contributed by atoms with Crippen molar-refractivity contribution in [3.8, 4) is 11.5 Å². The molecule has 1 saturated heterocycles. The lowest BCUT2D eigenvalue weighted by Gasteiger charge is -2.48. The number of anilines is 2. The van der Waals surface area contributed by atoms with Crippen LogP contribution in [0, 0.1) is 6.92 Å². The summed E-state index contributed by atoms with van der Waals surface area (Å²) in [6, 6.07) is 21.8. The lowest BCUT2D eigenvalue weighted by Crippen LogP contribution is -2.65. The molecule has 3 aromatic rings. The third kappa shape index (κ3) is 4.21. The Morgan fingerprint density at radius 2 is 1.49 bits per heavy atom. The van der Waals surface area contributed by atoms with Gasteiger partial charge in [0.1, 0.15) is 0 Å². The van der Waals surface area contributed by atoms with Crippen molar-refractivity contribution < 1.29 is 18.3 Å². The molecule has 0 spiro atoms. The van der Waals surface area contributed by atoms with Crippen molar-refractivity contribution in [1.82, 2.24) is 9.62 Å². The number of fused-ring (bicyclic) bond motifs is 2. The lowest BCUT2D eigenvalue weighted by atomic mass is 9.94. The highest BCUT2D eigenvalue weighted by Gasteiger charge is 2.46. The van der Waals surface area contributed by atoms with E-state index in [2.05, 4.69) is 14.5 Å². The highest BCUT2D eigenvalue weighted by atomic mass is 32.2. The molecule has 35 heavy (non-hydrogen) atoms. The highest BCUT2D eigenvalue weighted by molar-refractivity contribution is 7.89. The quantitative estimate of drug-likeness (QED) is 0.565. The first-order valence-electron chi connectivity index (χ1n) is 12.1. The largest absolute Gasteiger partial charge is 0.453 e. The van der Waals surface area contributed by atoms with Gasteiger partial charge in [-0.3, -0.25) is 4.90 Å². The third-order valence-electron chi connectivity index (χ3n) is 7.16. The minimum atomic E-state index is -3.79. The van der Waals surface area contributed by atoms with Gasteiger partial charge in [-0.1, -0.05) is 42.0 Å². The van der Waals surface area contributed by atoms with E-state index in [9.17, 15) is 13.5 Å². The van der Waals surface area contributed by atoms with Gasteiger partial charge in [-0.15, -0.1) is 0 Å². The smallest absolute Gasteiger partial charge is 0.240 e. The van der Waals surface area contributed by atoms with Crippen molar-refractivity contribution in [1.29, 1.82) is 0 Å². The van der Waals surface area contributed by atoms with E-state index in [0.29, 0.717) is 19.1 Å². The molecular weight excluding hydrogens is 462 g/mol. The molecule has 6 rings (SSSR count). The van der Waals surface area contributed by atoms with Crippen LogP contribution in [0.15, 0.2) is 77.7 Å². The maximum absolute atomic E-state index is 13.3. The summed E-state index contributed by atoms with van der Waals surface area (Å²) in [5, 5.41) is 11.7. The maximum atomic E-state index is 13.3. The van der Waals surface area contributed by atoms with Crippen LogP contribution in [0.3, 0.4) is 0 Å². The standard InChI is InChI=1S/C27H29N3O4S/c1-18-10-14-20(15-11-18)35(32,33)28-21-16-29(19-12-13-19)17-24(27(21)31)30-22-6-2-4-8-25(22)34-26-9-5-3-7-23(26)30/h2-11,14-15,19,21,24,27-28,31H,12-13,16-17H2,1H3/t21-,24+,27+/m1/s1. The van der Waals surface area contributed by atoms with Crippen LogP contribution in [0.1, 0.15) is 18.4 Å². The van der Waals surface area contributed by atoms with Crippen LogP contribution < -0.4 is 14.4 Å². The lowest BCUT2D eigenvalue weighted by molar-refractivity contribution is 0.0345. The molecule has 8 heteroatoms. The van der Waals surface area contributed by atoms with Gasteiger partial charge in [-0.25, -0.2) is 13.1 Å². The third-order valence-corrected chi connectivity index (χ3v) is 8.67. The summed E-state index contributed by atoms with van der Waals surface area (Å²) in [4.78, 5) is 4.65. The van der Waals surface area contributed by atoms with E-state index >= 15 is 0 Å². The van der Waals surface area contributed by atoms with Crippen molar-refractivity contribution >= 4 is 21.4 Å². The SMILES string of the molecule is Cc1ccc(S(=O)(=O)N[C@@H]2CN(C3CC3)C[C@H](N3c4ccccc4Oc4ccccc43)[C@H]2O)cc1. The van der Waals surface area contributed by atoms with E-state index in [-0.39, 0.29) is 10.9 Å². The molecule has 1 aliphatic carbocycles. The van der Waals surface area contributed by atoms with Crippen LogP contribution in [-0.4, -0.2) is 55.7 Å². The monoisotopic (exact) mass is 491 g/mol. The second kappa shape index (κ2) is 8.64. The maximum Gasteiger partial charge on any atom is 0.240 e. The predicted octanol–water partition coefficient (Wildman–Crippen LogP) is 3.79. The summed E-state index contributed by atoms with van der Waals surface area (Å²) in [5.74, 6) is 1.44. The fraction of sp³-hybridized carbons (Fsp3) is 0.333. The molecule has 2 heterocycles. The van der Waals surface area contributed by atoms with E-state index < -0.39 is 22.2 Å². The Kier molecular flexibility index (Phi) is 5.56. The Bertz CT molecular complexity index is 1300. The van der Waals surface area contributed by atoms with Crippen LogP contribution in [-0.2, 0) is 10.0 Å². The van der Waals surface area contributed by atoms with Gasteiger partial charge < -0.3 is 14.7 Å². The summed E-state index contributed by atoms with van der Waals surface area (Å²) in [6.07, 6.45) is 1.26. The van der Waals surface area contributed by atoms with Gasteiger partial charge in [0.05, 0.1) is 34.5 Å². The Labute approximate surface area is 206 Å². The zero-order valence-corrected chi connectivity index (χ0v) is 20.4. The Hall–Kier alpha value is -2.91. The van der Waals surface area contributed by atoms with Crippen LogP contribution in [0.4, 0.5) is 11.4 Å². The molecule has 3 atom stereocenters. The predicted molar refractivity (Wildman–Crippen MR) is 135 cm³/mol.